The van der Waals surface area contributed by atoms with Crippen LogP contribution in [0.1, 0.15) is 38.7 Å². The minimum Gasteiger partial charge on any atom is -0.268 e. The highest BCUT2D eigenvalue weighted by atomic mass is 32.2. The van der Waals surface area contributed by atoms with Crippen LogP contribution in [0.3, 0.4) is 0 Å². The predicted octanol–water partition coefficient (Wildman–Crippen LogP) is 5.93. The van der Waals surface area contributed by atoms with Gasteiger partial charge in [-0.25, -0.2) is 12.7 Å². The number of amides is 1. The summed E-state index contributed by atoms with van der Waals surface area (Å²) in [6.07, 6.45) is 0. The molecular formula is C30H25NO3S. The van der Waals surface area contributed by atoms with E-state index in [1.54, 1.807) is 66.7 Å². The van der Waals surface area contributed by atoms with Gasteiger partial charge in [-0.2, -0.15) is 0 Å². The molecule has 0 heterocycles. The zero-order valence-corrected chi connectivity index (χ0v) is 20.4. The molecule has 174 valence electrons. The van der Waals surface area contributed by atoms with Crippen molar-refractivity contribution in [1.82, 2.24) is 4.31 Å². The third-order valence-electron chi connectivity index (χ3n) is 5.55. The van der Waals surface area contributed by atoms with Crippen molar-refractivity contribution in [2.24, 2.45) is 0 Å². The second-order valence-electron chi connectivity index (χ2n) is 8.23. The Morgan fingerprint density at radius 1 is 0.714 bits per heavy atom. The first-order valence-electron chi connectivity index (χ1n) is 11.2. The first-order valence-corrected chi connectivity index (χ1v) is 12.6. The van der Waals surface area contributed by atoms with Gasteiger partial charge in [0.1, 0.15) is 6.04 Å². The van der Waals surface area contributed by atoms with Gasteiger partial charge in [0.25, 0.3) is 15.9 Å². The zero-order chi connectivity index (χ0) is 24.8. The Balaban J connectivity index is 1.91. The molecular weight excluding hydrogens is 454 g/mol. The Bertz CT molecular complexity index is 1470. The zero-order valence-electron chi connectivity index (χ0n) is 19.5. The summed E-state index contributed by atoms with van der Waals surface area (Å²) < 4.78 is 28.8. The molecule has 1 unspecified atom stereocenters. The molecule has 1 atom stereocenters. The van der Waals surface area contributed by atoms with E-state index in [0.29, 0.717) is 5.56 Å². The van der Waals surface area contributed by atoms with E-state index in [0.717, 1.165) is 21.0 Å². The fourth-order valence-electron chi connectivity index (χ4n) is 3.60. The standard InChI is InChI=1S/C30H25NO3S/c1-23-13-17-25(18-14-23)19-22-29(26-9-5-3-6-10-26)31(30(32)27-11-7-4-8-12-27)35(33,34)28-20-15-24(2)16-21-28/h3-18,20-21,29H,1-2H3. The second-order valence-corrected chi connectivity index (χ2v) is 10.0. The minimum absolute atomic E-state index is 0.0328. The average molecular weight is 480 g/mol. The van der Waals surface area contributed by atoms with E-state index in [9.17, 15) is 13.2 Å². The van der Waals surface area contributed by atoms with Gasteiger partial charge >= 0.3 is 0 Å². The van der Waals surface area contributed by atoms with Crippen molar-refractivity contribution < 1.29 is 13.2 Å². The average Bonchev–Trinajstić information content (AvgIpc) is 2.88. The lowest BCUT2D eigenvalue weighted by atomic mass is 10.1. The molecule has 0 bridgehead atoms. The van der Waals surface area contributed by atoms with Gasteiger partial charge < -0.3 is 0 Å². The van der Waals surface area contributed by atoms with Crippen molar-refractivity contribution >= 4 is 15.9 Å². The van der Waals surface area contributed by atoms with E-state index < -0.39 is 22.0 Å². The maximum absolute atomic E-state index is 14.0. The molecule has 35 heavy (non-hydrogen) atoms. The third-order valence-corrected chi connectivity index (χ3v) is 7.32. The van der Waals surface area contributed by atoms with Crippen LogP contribution in [0.4, 0.5) is 0 Å². The van der Waals surface area contributed by atoms with Crippen LogP contribution in [0.25, 0.3) is 0 Å². The highest BCUT2D eigenvalue weighted by molar-refractivity contribution is 7.89. The molecule has 4 nitrogen and oxygen atoms in total. The lowest BCUT2D eigenvalue weighted by molar-refractivity contribution is 0.0841. The Morgan fingerprint density at radius 2 is 1.23 bits per heavy atom. The highest BCUT2D eigenvalue weighted by Gasteiger charge is 2.36. The molecule has 4 aromatic carbocycles. The van der Waals surface area contributed by atoms with Crippen LogP contribution in [0.15, 0.2) is 114 Å². The Kier molecular flexibility index (Phi) is 7.14. The monoisotopic (exact) mass is 479 g/mol. The summed E-state index contributed by atoms with van der Waals surface area (Å²) in [5, 5.41) is 0. The number of carbonyl (C=O) groups excluding carboxylic acids is 1. The summed E-state index contributed by atoms with van der Waals surface area (Å²) in [4.78, 5) is 13.8. The summed E-state index contributed by atoms with van der Waals surface area (Å²) in [7, 11) is -4.24. The molecule has 0 aliphatic heterocycles. The van der Waals surface area contributed by atoms with Crippen molar-refractivity contribution in [1.29, 1.82) is 0 Å². The van der Waals surface area contributed by atoms with Crippen molar-refractivity contribution in [3.63, 3.8) is 0 Å². The molecule has 0 radical (unpaired) electrons. The molecule has 0 fully saturated rings. The number of aryl methyl sites for hydroxylation is 2. The SMILES string of the molecule is Cc1ccc(C#CC(c2ccccc2)N(C(=O)c2ccccc2)S(=O)(=O)c2ccc(C)cc2)cc1. The Hall–Kier alpha value is -4.14. The van der Waals surface area contributed by atoms with E-state index in [4.69, 9.17) is 0 Å². The van der Waals surface area contributed by atoms with Crippen LogP contribution in [0.5, 0.6) is 0 Å². The summed E-state index contributed by atoms with van der Waals surface area (Å²) in [5.74, 6) is 5.53. The van der Waals surface area contributed by atoms with Gasteiger partial charge in [-0.05, 0) is 55.8 Å². The van der Waals surface area contributed by atoms with Crippen LogP contribution < -0.4 is 0 Å². The summed E-state index contributed by atoms with van der Waals surface area (Å²) >= 11 is 0. The maximum Gasteiger partial charge on any atom is 0.269 e. The second kappa shape index (κ2) is 10.4. The normalized spacial score (nSPS) is 11.7. The van der Waals surface area contributed by atoms with Gasteiger partial charge in [0, 0.05) is 11.1 Å². The van der Waals surface area contributed by atoms with Crippen LogP contribution in [-0.4, -0.2) is 18.6 Å². The molecule has 1 amide bonds. The molecule has 4 aromatic rings. The molecule has 4 rings (SSSR count). The molecule has 0 aliphatic carbocycles. The third kappa shape index (κ3) is 5.51. The summed E-state index contributed by atoms with van der Waals surface area (Å²) in [5.41, 5.74) is 3.62. The summed E-state index contributed by atoms with van der Waals surface area (Å²) in [6, 6.07) is 30.5. The first-order chi connectivity index (χ1) is 16.9. The van der Waals surface area contributed by atoms with Crippen LogP contribution >= 0.6 is 0 Å². The van der Waals surface area contributed by atoms with Gasteiger partial charge in [-0.1, -0.05) is 95.8 Å². The smallest absolute Gasteiger partial charge is 0.268 e. The maximum atomic E-state index is 14.0. The van der Waals surface area contributed by atoms with Gasteiger partial charge in [0.15, 0.2) is 0 Å². The largest absolute Gasteiger partial charge is 0.269 e. The molecule has 0 aromatic heterocycles. The molecule has 0 spiro atoms. The van der Waals surface area contributed by atoms with Crippen molar-refractivity contribution in [3.05, 3.63) is 137 Å². The minimum atomic E-state index is -4.24. The quantitative estimate of drug-likeness (QED) is 0.334. The van der Waals surface area contributed by atoms with Crippen molar-refractivity contribution in [2.75, 3.05) is 0 Å². The van der Waals surface area contributed by atoms with E-state index in [1.807, 2.05) is 44.2 Å². The summed E-state index contributed by atoms with van der Waals surface area (Å²) in [6.45, 7) is 3.86. The fraction of sp³-hybridized carbons (Fsp3) is 0.100. The lowest BCUT2D eigenvalue weighted by Gasteiger charge is -2.28. The van der Waals surface area contributed by atoms with E-state index in [-0.39, 0.29) is 10.5 Å². The topological polar surface area (TPSA) is 54.5 Å². The number of carbonyl (C=O) groups is 1. The predicted molar refractivity (Wildman–Crippen MR) is 138 cm³/mol. The number of rotatable bonds is 5. The lowest BCUT2D eigenvalue weighted by Crippen LogP contribution is -2.39. The Labute approximate surface area is 206 Å². The van der Waals surface area contributed by atoms with Gasteiger partial charge in [0.05, 0.1) is 4.90 Å². The van der Waals surface area contributed by atoms with Gasteiger partial charge in [-0.15, -0.1) is 0 Å². The Morgan fingerprint density at radius 3 is 1.80 bits per heavy atom. The van der Waals surface area contributed by atoms with Crippen molar-refractivity contribution in [3.8, 4) is 11.8 Å². The van der Waals surface area contributed by atoms with Gasteiger partial charge in [0.2, 0.25) is 0 Å². The number of benzene rings is 4. The van der Waals surface area contributed by atoms with Crippen LogP contribution in [0, 0.1) is 25.7 Å². The van der Waals surface area contributed by atoms with Crippen LogP contribution in [0.2, 0.25) is 0 Å². The molecule has 0 aliphatic rings. The number of nitrogens with zero attached hydrogens (tertiary/aromatic N) is 1. The van der Waals surface area contributed by atoms with E-state index in [2.05, 4.69) is 11.8 Å². The van der Waals surface area contributed by atoms with Crippen LogP contribution in [-0.2, 0) is 10.0 Å². The molecule has 0 N–H and O–H groups in total. The number of hydrogen-bond donors (Lipinski definition) is 0. The molecule has 0 saturated heterocycles. The fourth-order valence-corrected chi connectivity index (χ4v) is 5.08. The van der Waals surface area contributed by atoms with E-state index in [1.165, 1.54) is 12.1 Å². The molecule has 5 heteroatoms. The number of sulfonamides is 1. The highest BCUT2D eigenvalue weighted by Crippen LogP contribution is 2.30. The van der Waals surface area contributed by atoms with E-state index >= 15 is 0 Å². The first kappa shape index (κ1) is 24.0. The van der Waals surface area contributed by atoms with Gasteiger partial charge in [-0.3, -0.25) is 4.79 Å². The molecule has 0 saturated carbocycles. The number of hydrogen-bond acceptors (Lipinski definition) is 3. The van der Waals surface area contributed by atoms with Crippen molar-refractivity contribution in [2.45, 2.75) is 24.8 Å².